The number of ether oxygens (including phenoxy) is 1. The fraction of sp³-hybridized carbons (Fsp3) is 0.500. The van der Waals surface area contributed by atoms with Crippen LogP contribution in [0.3, 0.4) is 0 Å². The van der Waals surface area contributed by atoms with Crippen LogP contribution in [0.5, 0.6) is 5.75 Å². The summed E-state index contributed by atoms with van der Waals surface area (Å²) in [7, 11) is 0. The Bertz CT molecular complexity index is 380. The molecular formula is C14H19NO3. The summed E-state index contributed by atoms with van der Waals surface area (Å²) >= 11 is 0. The highest BCUT2D eigenvalue weighted by atomic mass is 16.5. The zero-order valence-electron chi connectivity index (χ0n) is 10.4. The maximum atomic E-state index is 11.9. The van der Waals surface area contributed by atoms with Crippen LogP contribution in [0.1, 0.15) is 12.8 Å². The molecular weight excluding hydrogens is 230 g/mol. The van der Waals surface area contributed by atoms with E-state index in [4.69, 9.17) is 9.84 Å². The summed E-state index contributed by atoms with van der Waals surface area (Å²) in [5.41, 5.74) is 0. The van der Waals surface area contributed by atoms with E-state index in [0.717, 1.165) is 31.7 Å². The van der Waals surface area contributed by atoms with Gasteiger partial charge in [-0.1, -0.05) is 18.2 Å². The predicted octanol–water partition coefficient (Wildman–Crippen LogP) is 1.30. The Kier molecular flexibility index (Phi) is 4.59. The molecule has 98 valence electrons. The standard InChI is InChI=1S/C14H19NO3/c16-9-7-12-6-8-15(10-12)14(17)11-18-13-4-2-1-3-5-13/h1-5,12,16H,6-11H2. The fourth-order valence-electron chi connectivity index (χ4n) is 2.23. The Morgan fingerprint density at radius 2 is 2.17 bits per heavy atom. The largest absolute Gasteiger partial charge is 0.484 e. The Morgan fingerprint density at radius 1 is 1.39 bits per heavy atom. The maximum Gasteiger partial charge on any atom is 0.260 e. The lowest BCUT2D eigenvalue weighted by molar-refractivity contribution is -0.132. The summed E-state index contributed by atoms with van der Waals surface area (Å²) in [6.45, 7) is 1.82. The van der Waals surface area contributed by atoms with E-state index in [1.807, 2.05) is 35.2 Å². The molecule has 1 saturated heterocycles. The molecule has 1 fully saturated rings. The van der Waals surface area contributed by atoms with E-state index < -0.39 is 0 Å². The zero-order valence-corrected chi connectivity index (χ0v) is 10.4. The predicted molar refractivity (Wildman–Crippen MR) is 68.3 cm³/mol. The lowest BCUT2D eigenvalue weighted by Gasteiger charge is -2.16. The monoisotopic (exact) mass is 249 g/mol. The number of hydrogen-bond donors (Lipinski definition) is 1. The van der Waals surface area contributed by atoms with Crippen molar-refractivity contribution in [2.45, 2.75) is 12.8 Å². The molecule has 18 heavy (non-hydrogen) atoms. The van der Waals surface area contributed by atoms with Gasteiger partial charge in [0.25, 0.3) is 5.91 Å². The van der Waals surface area contributed by atoms with E-state index in [0.29, 0.717) is 5.92 Å². The first-order chi connectivity index (χ1) is 8.79. The first kappa shape index (κ1) is 12.9. The van der Waals surface area contributed by atoms with Gasteiger partial charge in [-0.25, -0.2) is 0 Å². The molecule has 1 unspecified atom stereocenters. The number of amides is 1. The summed E-state index contributed by atoms with van der Waals surface area (Å²) in [6.07, 6.45) is 1.76. The number of hydrogen-bond acceptors (Lipinski definition) is 3. The van der Waals surface area contributed by atoms with Crippen molar-refractivity contribution in [3.63, 3.8) is 0 Å². The second kappa shape index (κ2) is 6.40. The minimum atomic E-state index is 0.0271. The number of likely N-dealkylation sites (tertiary alicyclic amines) is 1. The molecule has 0 aliphatic carbocycles. The van der Waals surface area contributed by atoms with Crippen LogP contribution in [-0.4, -0.2) is 42.2 Å². The van der Waals surface area contributed by atoms with Crippen LogP contribution in [-0.2, 0) is 4.79 Å². The van der Waals surface area contributed by atoms with Crippen LogP contribution in [0.15, 0.2) is 30.3 Å². The van der Waals surface area contributed by atoms with Crippen molar-refractivity contribution in [3.8, 4) is 5.75 Å². The molecule has 0 bridgehead atoms. The van der Waals surface area contributed by atoms with Gasteiger partial charge < -0.3 is 14.7 Å². The van der Waals surface area contributed by atoms with Crippen LogP contribution < -0.4 is 4.74 Å². The molecule has 0 aromatic heterocycles. The highest BCUT2D eigenvalue weighted by molar-refractivity contribution is 5.78. The molecule has 1 aliphatic rings. The number of carbonyl (C=O) groups is 1. The molecule has 0 radical (unpaired) electrons. The van der Waals surface area contributed by atoms with Crippen molar-refractivity contribution in [1.29, 1.82) is 0 Å². The minimum Gasteiger partial charge on any atom is -0.484 e. The molecule has 1 aromatic carbocycles. The van der Waals surface area contributed by atoms with E-state index >= 15 is 0 Å². The molecule has 0 spiro atoms. The third-order valence-electron chi connectivity index (χ3n) is 3.28. The molecule has 1 amide bonds. The Balaban J connectivity index is 1.76. The summed E-state index contributed by atoms with van der Waals surface area (Å²) in [5.74, 6) is 1.19. The van der Waals surface area contributed by atoms with E-state index in [2.05, 4.69) is 0 Å². The summed E-state index contributed by atoms with van der Waals surface area (Å²) in [4.78, 5) is 13.7. The van der Waals surface area contributed by atoms with E-state index in [1.54, 1.807) is 0 Å². The first-order valence-corrected chi connectivity index (χ1v) is 6.36. The van der Waals surface area contributed by atoms with Gasteiger partial charge in [-0.05, 0) is 30.9 Å². The minimum absolute atomic E-state index is 0.0271. The smallest absolute Gasteiger partial charge is 0.260 e. The van der Waals surface area contributed by atoms with Gasteiger partial charge >= 0.3 is 0 Å². The first-order valence-electron chi connectivity index (χ1n) is 6.36. The fourth-order valence-corrected chi connectivity index (χ4v) is 2.23. The summed E-state index contributed by atoms with van der Waals surface area (Å²) in [6, 6.07) is 9.35. The van der Waals surface area contributed by atoms with Gasteiger partial charge in [-0.15, -0.1) is 0 Å². The third-order valence-corrected chi connectivity index (χ3v) is 3.28. The average Bonchev–Trinajstić information content (AvgIpc) is 2.86. The van der Waals surface area contributed by atoms with Crippen molar-refractivity contribution >= 4 is 5.91 Å². The Labute approximate surface area is 107 Å². The van der Waals surface area contributed by atoms with Gasteiger partial charge in [0.05, 0.1) is 0 Å². The van der Waals surface area contributed by atoms with Gasteiger partial charge in [-0.3, -0.25) is 4.79 Å². The number of rotatable bonds is 5. The van der Waals surface area contributed by atoms with Crippen LogP contribution in [0.25, 0.3) is 0 Å². The number of nitrogens with zero attached hydrogens (tertiary/aromatic N) is 1. The highest BCUT2D eigenvalue weighted by Crippen LogP contribution is 2.19. The lowest BCUT2D eigenvalue weighted by atomic mass is 10.1. The number of benzene rings is 1. The number of aliphatic hydroxyl groups is 1. The number of para-hydroxylation sites is 1. The quantitative estimate of drug-likeness (QED) is 0.855. The lowest BCUT2D eigenvalue weighted by Crippen LogP contribution is -2.33. The van der Waals surface area contributed by atoms with Crippen molar-refractivity contribution in [3.05, 3.63) is 30.3 Å². The number of carbonyl (C=O) groups excluding carboxylic acids is 1. The van der Waals surface area contributed by atoms with Crippen LogP contribution in [0.4, 0.5) is 0 Å². The van der Waals surface area contributed by atoms with Crippen LogP contribution in [0, 0.1) is 5.92 Å². The Hall–Kier alpha value is -1.55. The molecule has 4 heteroatoms. The van der Waals surface area contributed by atoms with E-state index in [-0.39, 0.29) is 19.1 Å². The normalized spacial score (nSPS) is 18.9. The number of aliphatic hydroxyl groups excluding tert-OH is 1. The van der Waals surface area contributed by atoms with Crippen LogP contribution >= 0.6 is 0 Å². The molecule has 1 aliphatic heterocycles. The highest BCUT2D eigenvalue weighted by Gasteiger charge is 2.25. The molecule has 1 aromatic rings. The maximum absolute atomic E-state index is 11.9. The topological polar surface area (TPSA) is 49.8 Å². The average molecular weight is 249 g/mol. The molecule has 1 heterocycles. The SMILES string of the molecule is O=C(COc1ccccc1)N1CCC(CCO)C1. The van der Waals surface area contributed by atoms with Crippen LogP contribution in [0.2, 0.25) is 0 Å². The summed E-state index contributed by atoms with van der Waals surface area (Å²) < 4.78 is 5.43. The Morgan fingerprint density at radius 3 is 2.89 bits per heavy atom. The van der Waals surface area contributed by atoms with E-state index in [1.165, 1.54) is 0 Å². The zero-order chi connectivity index (χ0) is 12.8. The van der Waals surface area contributed by atoms with Gasteiger partial charge in [0, 0.05) is 19.7 Å². The molecule has 4 nitrogen and oxygen atoms in total. The van der Waals surface area contributed by atoms with E-state index in [9.17, 15) is 4.79 Å². The second-order valence-corrected chi connectivity index (χ2v) is 4.61. The van der Waals surface area contributed by atoms with Crippen molar-refractivity contribution in [2.24, 2.45) is 5.92 Å². The molecule has 2 rings (SSSR count). The molecule has 1 atom stereocenters. The second-order valence-electron chi connectivity index (χ2n) is 4.61. The van der Waals surface area contributed by atoms with Crippen molar-refractivity contribution in [2.75, 3.05) is 26.3 Å². The van der Waals surface area contributed by atoms with Crippen molar-refractivity contribution in [1.82, 2.24) is 4.90 Å². The van der Waals surface area contributed by atoms with Crippen molar-refractivity contribution < 1.29 is 14.6 Å². The van der Waals surface area contributed by atoms with Gasteiger partial charge in [0.15, 0.2) is 6.61 Å². The molecule has 0 saturated carbocycles. The summed E-state index contributed by atoms with van der Waals surface area (Å²) in [5, 5.41) is 8.88. The van der Waals surface area contributed by atoms with Gasteiger partial charge in [0.1, 0.15) is 5.75 Å². The van der Waals surface area contributed by atoms with Gasteiger partial charge in [0.2, 0.25) is 0 Å². The van der Waals surface area contributed by atoms with Gasteiger partial charge in [-0.2, -0.15) is 0 Å². The third kappa shape index (κ3) is 3.47. The molecule has 1 N–H and O–H groups in total.